The molecule has 1 aliphatic rings. The summed E-state index contributed by atoms with van der Waals surface area (Å²) in [7, 11) is 1.57. The first-order chi connectivity index (χ1) is 17.0. The lowest BCUT2D eigenvalue weighted by Crippen LogP contribution is -2.29. The summed E-state index contributed by atoms with van der Waals surface area (Å²) in [6, 6.07) is 10.1. The molecule has 0 radical (unpaired) electrons. The molecule has 9 heteroatoms. The SMILES string of the molecule is CCCCCOc1ccc(C2c3c(oc4ccc(C)cc4c3=O)C(=O)N2c2nncs2)cc1OC. The van der Waals surface area contributed by atoms with Gasteiger partial charge in [0.25, 0.3) is 5.91 Å². The van der Waals surface area contributed by atoms with E-state index in [1.165, 1.54) is 16.2 Å². The number of rotatable bonds is 8. The van der Waals surface area contributed by atoms with Crippen LogP contribution in [0.15, 0.2) is 51.1 Å². The second kappa shape index (κ2) is 9.50. The lowest BCUT2D eigenvalue weighted by atomic mass is 9.98. The number of unbranched alkanes of at least 4 members (excludes halogenated alkanes) is 2. The Kier molecular flexibility index (Phi) is 6.25. The van der Waals surface area contributed by atoms with Crippen LogP contribution in [0.5, 0.6) is 11.5 Å². The molecule has 1 unspecified atom stereocenters. The third-order valence-electron chi connectivity index (χ3n) is 6.09. The van der Waals surface area contributed by atoms with Gasteiger partial charge in [-0.2, -0.15) is 0 Å². The molecule has 4 aromatic rings. The molecule has 8 nitrogen and oxygen atoms in total. The Morgan fingerprint density at radius 3 is 2.71 bits per heavy atom. The fourth-order valence-electron chi connectivity index (χ4n) is 4.38. The molecule has 180 valence electrons. The molecule has 3 heterocycles. The van der Waals surface area contributed by atoms with Crippen LogP contribution < -0.4 is 19.8 Å². The fourth-order valence-corrected chi connectivity index (χ4v) is 4.96. The number of hydrogen-bond acceptors (Lipinski definition) is 8. The molecule has 0 fully saturated rings. The van der Waals surface area contributed by atoms with Gasteiger partial charge < -0.3 is 13.9 Å². The van der Waals surface area contributed by atoms with Crippen LogP contribution in [0, 0.1) is 6.92 Å². The van der Waals surface area contributed by atoms with Crippen molar-refractivity contribution in [2.24, 2.45) is 0 Å². The summed E-state index contributed by atoms with van der Waals surface area (Å²) < 4.78 is 17.5. The van der Waals surface area contributed by atoms with Gasteiger partial charge in [0.1, 0.15) is 11.1 Å². The molecule has 0 bridgehead atoms. The molecule has 35 heavy (non-hydrogen) atoms. The number of anilines is 1. The molecular weight excluding hydrogens is 466 g/mol. The van der Waals surface area contributed by atoms with Gasteiger partial charge in [0.15, 0.2) is 16.9 Å². The Morgan fingerprint density at radius 1 is 1.11 bits per heavy atom. The van der Waals surface area contributed by atoms with E-state index < -0.39 is 11.9 Å². The first-order valence-electron chi connectivity index (χ1n) is 11.5. The zero-order valence-electron chi connectivity index (χ0n) is 19.7. The van der Waals surface area contributed by atoms with Gasteiger partial charge in [0.2, 0.25) is 10.9 Å². The van der Waals surface area contributed by atoms with E-state index >= 15 is 0 Å². The molecule has 0 saturated carbocycles. The molecule has 2 aromatic carbocycles. The van der Waals surface area contributed by atoms with Crippen molar-refractivity contribution in [3.8, 4) is 11.5 Å². The highest BCUT2D eigenvalue weighted by Gasteiger charge is 2.45. The quantitative estimate of drug-likeness (QED) is 0.310. The fraction of sp³-hybridized carbons (Fsp3) is 0.308. The van der Waals surface area contributed by atoms with Crippen molar-refractivity contribution in [3.05, 3.63) is 74.6 Å². The highest BCUT2D eigenvalue weighted by molar-refractivity contribution is 7.13. The molecule has 0 N–H and O–H groups in total. The number of ether oxygens (including phenoxy) is 2. The molecule has 1 amide bonds. The maximum absolute atomic E-state index is 13.7. The Morgan fingerprint density at radius 2 is 1.97 bits per heavy atom. The highest BCUT2D eigenvalue weighted by atomic mass is 32.1. The number of methoxy groups -OCH3 is 1. The first-order valence-corrected chi connectivity index (χ1v) is 12.4. The van der Waals surface area contributed by atoms with Gasteiger partial charge in [-0.05, 0) is 43.2 Å². The number of carbonyl (C=O) groups is 1. The van der Waals surface area contributed by atoms with E-state index in [1.54, 1.807) is 30.8 Å². The van der Waals surface area contributed by atoms with Crippen molar-refractivity contribution in [2.75, 3.05) is 18.6 Å². The second-order valence-corrected chi connectivity index (χ2v) is 9.25. The average Bonchev–Trinajstić information content (AvgIpc) is 3.49. The van der Waals surface area contributed by atoms with Crippen LogP contribution in [0.2, 0.25) is 0 Å². The van der Waals surface area contributed by atoms with Crippen LogP contribution in [0.4, 0.5) is 5.13 Å². The molecule has 1 atom stereocenters. The zero-order valence-corrected chi connectivity index (χ0v) is 20.6. The van der Waals surface area contributed by atoms with Crippen molar-refractivity contribution in [3.63, 3.8) is 0 Å². The van der Waals surface area contributed by atoms with E-state index in [2.05, 4.69) is 17.1 Å². The number of hydrogen-bond donors (Lipinski definition) is 0. The molecule has 1 aliphatic heterocycles. The topological polar surface area (TPSA) is 94.8 Å². The Bertz CT molecular complexity index is 1450. The van der Waals surface area contributed by atoms with Crippen LogP contribution in [0.3, 0.4) is 0 Å². The van der Waals surface area contributed by atoms with Gasteiger partial charge in [-0.15, -0.1) is 10.2 Å². The molecule has 5 rings (SSSR count). The van der Waals surface area contributed by atoms with Gasteiger partial charge >= 0.3 is 0 Å². The molecule has 0 spiro atoms. The van der Waals surface area contributed by atoms with Gasteiger partial charge in [-0.1, -0.05) is 48.8 Å². The molecule has 0 saturated heterocycles. The number of nitrogens with zero attached hydrogens (tertiary/aromatic N) is 3. The lowest BCUT2D eigenvalue weighted by Gasteiger charge is -2.23. The van der Waals surface area contributed by atoms with Crippen molar-refractivity contribution in [1.82, 2.24) is 10.2 Å². The Labute approximate surface area is 206 Å². The third-order valence-corrected chi connectivity index (χ3v) is 6.78. The maximum Gasteiger partial charge on any atom is 0.297 e. The van der Waals surface area contributed by atoms with E-state index in [0.29, 0.717) is 39.8 Å². The predicted octanol–water partition coefficient (Wildman–Crippen LogP) is 5.28. The predicted molar refractivity (Wildman–Crippen MR) is 134 cm³/mol. The second-order valence-electron chi connectivity index (χ2n) is 8.44. The van der Waals surface area contributed by atoms with Crippen LogP contribution in [0.25, 0.3) is 11.0 Å². The average molecular weight is 492 g/mol. The van der Waals surface area contributed by atoms with Gasteiger partial charge in [0.05, 0.1) is 30.7 Å². The number of benzene rings is 2. The number of aryl methyl sites for hydroxylation is 1. The van der Waals surface area contributed by atoms with Gasteiger partial charge in [-0.25, -0.2) is 0 Å². The largest absolute Gasteiger partial charge is 0.493 e. The van der Waals surface area contributed by atoms with E-state index in [1.807, 2.05) is 25.1 Å². The van der Waals surface area contributed by atoms with E-state index in [4.69, 9.17) is 13.9 Å². The third kappa shape index (κ3) is 4.05. The standard InChI is InChI=1S/C26H25N3O5S/c1-4-5-6-11-33-19-10-8-16(13-20(19)32-3)22-21-23(30)17-12-15(2)7-9-18(17)34-24(21)25(31)29(22)26-28-27-14-35-26/h7-10,12-14,22H,4-6,11H2,1-3H3. The number of carbonyl (C=O) groups excluding carboxylic acids is 1. The summed E-state index contributed by atoms with van der Waals surface area (Å²) in [4.78, 5) is 28.7. The summed E-state index contributed by atoms with van der Waals surface area (Å²) in [5.41, 5.74) is 3.57. The van der Waals surface area contributed by atoms with Crippen LogP contribution in [-0.2, 0) is 0 Å². The van der Waals surface area contributed by atoms with Crippen LogP contribution in [-0.4, -0.2) is 29.8 Å². The minimum atomic E-state index is -0.741. The van der Waals surface area contributed by atoms with Crippen molar-refractivity contribution < 1.29 is 18.7 Å². The van der Waals surface area contributed by atoms with Crippen LogP contribution >= 0.6 is 11.3 Å². The number of amides is 1. The minimum absolute atomic E-state index is 0.0189. The zero-order chi connectivity index (χ0) is 24.5. The Balaban J connectivity index is 1.65. The number of aromatic nitrogens is 2. The lowest BCUT2D eigenvalue weighted by molar-refractivity contribution is 0.0970. The minimum Gasteiger partial charge on any atom is -0.493 e. The van der Waals surface area contributed by atoms with E-state index in [-0.39, 0.29) is 16.8 Å². The monoisotopic (exact) mass is 491 g/mol. The van der Waals surface area contributed by atoms with Gasteiger partial charge in [-0.3, -0.25) is 14.5 Å². The number of fused-ring (bicyclic) bond motifs is 2. The normalized spacial score (nSPS) is 15.0. The summed E-state index contributed by atoms with van der Waals surface area (Å²) in [5.74, 6) is 0.726. The van der Waals surface area contributed by atoms with Crippen LogP contribution in [0.1, 0.15) is 59.5 Å². The summed E-state index contributed by atoms with van der Waals surface area (Å²) in [5, 5.41) is 8.83. The Hall–Kier alpha value is -3.72. The molecule has 0 aliphatic carbocycles. The smallest absolute Gasteiger partial charge is 0.297 e. The van der Waals surface area contributed by atoms with E-state index in [0.717, 1.165) is 24.8 Å². The van der Waals surface area contributed by atoms with Crippen molar-refractivity contribution in [1.29, 1.82) is 0 Å². The van der Waals surface area contributed by atoms with Gasteiger partial charge in [0, 0.05) is 0 Å². The first kappa shape index (κ1) is 23.0. The van der Waals surface area contributed by atoms with Crippen molar-refractivity contribution in [2.45, 2.75) is 39.2 Å². The maximum atomic E-state index is 13.7. The highest BCUT2D eigenvalue weighted by Crippen LogP contribution is 2.43. The molecule has 2 aromatic heterocycles. The van der Waals surface area contributed by atoms with Crippen molar-refractivity contribution >= 4 is 33.3 Å². The molecular formula is C26H25N3O5S. The van der Waals surface area contributed by atoms with E-state index in [9.17, 15) is 9.59 Å². The summed E-state index contributed by atoms with van der Waals surface area (Å²) >= 11 is 1.22. The summed E-state index contributed by atoms with van der Waals surface area (Å²) in [6.07, 6.45) is 3.14. The summed E-state index contributed by atoms with van der Waals surface area (Å²) in [6.45, 7) is 4.63.